The molecule has 0 amide bonds. The van der Waals surface area contributed by atoms with Crippen molar-refractivity contribution in [1.29, 1.82) is 0 Å². The Morgan fingerprint density at radius 2 is 1.61 bits per heavy atom. The maximum absolute atomic E-state index is 2.31. The number of hydrogen-bond acceptors (Lipinski definition) is 1. The Morgan fingerprint density at radius 3 is 2.33 bits per heavy atom. The van der Waals surface area contributed by atoms with Gasteiger partial charge in [0.2, 0.25) is 0 Å². The Labute approximate surface area is 117 Å². The van der Waals surface area contributed by atoms with Crippen LogP contribution in [0.1, 0.15) is 57.4 Å². The van der Waals surface area contributed by atoms with Crippen molar-refractivity contribution < 1.29 is 0 Å². The Balaban J connectivity index is 2.02. The van der Waals surface area contributed by atoms with Crippen molar-refractivity contribution in [3.63, 3.8) is 0 Å². The molecule has 0 radical (unpaired) electrons. The first-order valence-corrected chi connectivity index (χ1v) is 8.09. The van der Waals surface area contributed by atoms with Gasteiger partial charge in [0.1, 0.15) is 0 Å². The van der Waals surface area contributed by atoms with Gasteiger partial charge in [-0.05, 0) is 37.3 Å². The molecular formula is C17H26S. The van der Waals surface area contributed by atoms with E-state index in [4.69, 9.17) is 0 Å². The van der Waals surface area contributed by atoms with Gasteiger partial charge >= 0.3 is 0 Å². The van der Waals surface area contributed by atoms with Gasteiger partial charge in [-0.1, -0.05) is 74.6 Å². The van der Waals surface area contributed by atoms with E-state index >= 15 is 0 Å². The quantitative estimate of drug-likeness (QED) is 0.369. The lowest BCUT2D eigenvalue weighted by atomic mass is 10.1. The van der Waals surface area contributed by atoms with E-state index < -0.39 is 0 Å². The van der Waals surface area contributed by atoms with Gasteiger partial charge in [-0.3, -0.25) is 0 Å². The summed E-state index contributed by atoms with van der Waals surface area (Å²) in [6.45, 7) is 4.40. The van der Waals surface area contributed by atoms with Gasteiger partial charge < -0.3 is 0 Å². The minimum atomic E-state index is 1.23. The molecule has 0 aromatic heterocycles. The predicted molar refractivity (Wildman–Crippen MR) is 84.2 cm³/mol. The van der Waals surface area contributed by atoms with Crippen LogP contribution in [0.15, 0.2) is 40.6 Å². The second kappa shape index (κ2) is 10.3. The molecule has 0 aliphatic heterocycles. The minimum absolute atomic E-state index is 1.23. The molecule has 0 aliphatic rings. The average molecular weight is 262 g/mol. The molecule has 1 heteroatoms. The van der Waals surface area contributed by atoms with Crippen molar-refractivity contribution in [2.24, 2.45) is 0 Å². The van der Waals surface area contributed by atoms with Crippen molar-refractivity contribution in [3.05, 3.63) is 41.3 Å². The second-order valence-electron chi connectivity index (χ2n) is 4.86. The fourth-order valence-electron chi connectivity index (χ4n) is 1.85. The summed E-state index contributed by atoms with van der Waals surface area (Å²) in [5, 5.41) is 2.23. The molecule has 0 saturated carbocycles. The highest BCUT2D eigenvalue weighted by atomic mass is 32.2. The molecular weight excluding hydrogens is 236 g/mol. The van der Waals surface area contributed by atoms with E-state index in [1.807, 2.05) is 11.8 Å². The topological polar surface area (TPSA) is 0 Å². The molecule has 1 aromatic rings. The number of hydrogen-bond donors (Lipinski definition) is 0. The summed E-state index contributed by atoms with van der Waals surface area (Å²) in [6.07, 6.45) is 11.8. The molecule has 0 bridgehead atoms. The van der Waals surface area contributed by atoms with Crippen molar-refractivity contribution in [3.8, 4) is 0 Å². The smallest absolute Gasteiger partial charge is 0.0116 e. The maximum atomic E-state index is 2.31. The normalized spacial score (nSPS) is 11.2. The van der Waals surface area contributed by atoms with Gasteiger partial charge in [0.25, 0.3) is 0 Å². The van der Waals surface area contributed by atoms with Crippen LogP contribution in [0.4, 0.5) is 0 Å². The Bertz CT molecular complexity index is 324. The Morgan fingerprint density at radius 1 is 0.944 bits per heavy atom. The highest BCUT2D eigenvalue weighted by Gasteiger charge is 1.90. The fourth-order valence-corrected chi connectivity index (χ4v) is 2.54. The standard InChI is InChI=1S/C17H26S/c1-3-4-5-6-7-8-9-10-15-18-17-13-11-16(2)12-14-17/h10-15H,3-9H2,1-2H3/b15-10+. The lowest BCUT2D eigenvalue weighted by Crippen LogP contribution is -1.77. The van der Waals surface area contributed by atoms with Crippen LogP contribution >= 0.6 is 11.8 Å². The second-order valence-corrected chi connectivity index (χ2v) is 5.84. The third-order valence-electron chi connectivity index (χ3n) is 3.05. The molecule has 0 nitrogen and oxygen atoms in total. The van der Waals surface area contributed by atoms with E-state index in [1.165, 1.54) is 55.4 Å². The van der Waals surface area contributed by atoms with Crippen LogP contribution in [0.25, 0.3) is 0 Å². The van der Waals surface area contributed by atoms with E-state index in [0.29, 0.717) is 0 Å². The van der Waals surface area contributed by atoms with E-state index in [9.17, 15) is 0 Å². The van der Waals surface area contributed by atoms with Crippen LogP contribution in [0, 0.1) is 6.92 Å². The Hall–Kier alpha value is -0.690. The largest absolute Gasteiger partial charge is 0.0984 e. The summed E-state index contributed by atoms with van der Waals surface area (Å²) in [5.74, 6) is 0. The molecule has 0 spiro atoms. The van der Waals surface area contributed by atoms with Crippen LogP contribution in [-0.4, -0.2) is 0 Å². The lowest BCUT2D eigenvalue weighted by molar-refractivity contribution is 0.611. The van der Waals surface area contributed by atoms with Gasteiger partial charge in [-0.25, -0.2) is 0 Å². The summed E-state index contributed by atoms with van der Waals surface area (Å²) < 4.78 is 0. The molecule has 0 N–H and O–H groups in total. The van der Waals surface area contributed by atoms with Crippen molar-refractivity contribution in [2.45, 2.75) is 63.7 Å². The van der Waals surface area contributed by atoms with Crippen molar-refractivity contribution in [1.82, 2.24) is 0 Å². The zero-order valence-electron chi connectivity index (χ0n) is 11.8. The van der Waals surface area contributed by atoms with Gasteiger partial charge in [0.05, 0.1) is 0 Å². The zero-order valence-corrected chi connectivity index (χ0v) is 12.6. The van der Waals surface area contributed by atoms with E-state index in [1.54, 1.807) is 0 Å². The molecule has 0 aliphatic carbocycles. The summed E-state index contributed by atoms with van der Waals surface area (Å²) in [4.78, 5) is 1.33. The summed E-state index contributed by atoms with van der Waals surface area (Å²) in [5.41, 5.74) is 1.33. The van der Waals surface area contributed by atoms with Crippen molar-refractivity contribution >= 4 is 11.8 Å². The lowest BCUT2D eigenvalue weighted by Gasteiger charge is -1.98. The van der Waals surface area contributed by atoms with Crippen LogP contribution in [0.5, 0.6) is 0 Å². The molecule has 18 heavy (non-hydrogen) atoms. The van der Waals surface area contributed by atoms with Crippen LogP contribution < -0.4 is 0 Å². The SMILES string of the molecule is CCCCCCCC/C=C/Sc1ccc(C)cc1. The van der Waals surface area contributed by atoms with Gasteiger partial charge in [-0.15, -0.1) is 0 Å². The fraction of sp³-hybridized carbons (Fsp3) is 0.529. The molecule has 1 aromatic carbocycles. The minimum Gasteiger partial charge on any atom is -0.0984 e. The summed E-state index contributed by atoms with van der Waals surface area (Å²) in [6, 6.07) is 8.72. The molecule has 0 saturated heterocycles. The summed E-state index contributed by atoms with van der Waals surface area (Å²) in [7, 11) is 0. The monoisotopic (exact) mass is 262 g/mol. The highest BCUT2D eigenvalue weighted by molar-refractivity contribution is 8.02. The molecule has 0 fully saturated rings. The first-order valence-electron chi connectivity index (χ1n) is 7.21. The first kappa shape index (κ1) is 15.4. The number of benzene rings is 1. The molecule has 1 rings (SSSR count). The Kier molecular flexibility index (Phi) is 8.75. The summed E-state index contributed by atoms with van der Waals surface area (Å²) >= 11 is 1.82. The van der Waals surface area contributed by atoms with E-state index in [-0.39, 0.29) is 0 Å². The predicted octanol–water partition coefficient (Wildman–Crippen LogP) is 6.35. The number of unbranched alkanes of at least 4 members (excludes halogenated alkanes) is 6. The van der Waals surface area contributed by atoms with Gasteiger partial charge in [-0.2, -0.15) is 0 Å². The van der Waals surface area contributed by atoms with Gasteiger partial charge in [0.15, 0.2) is 0 Å². The maximum Gasteiger partial charge on any atom is 0.0116 e. The zero-order chi connectivity index (χ0) is 13.1. The van der Waals surface area contributed by atoms with Gasteiger partial charge in [0, 0.05) is 4.90 Å². The third kappa shape index (κ3) is 7.60. The molecule has 100 valence electrons. The first-order chi connectivity index (χ1) is 8.83. The molecule has 0 atom stereocenters. The van der Waals surface area contributed by atoms with E-state index in [2.05, 4.69) is 49.6 Å². The number of allylic oxidation sites excluding steroid dienone is 1. The van der Waals surface area contributed by atoms with Crippen LogP contribution in [0.3, 0.4) is 0 Å². The number of rotatable bonds is 9. The number of aryl methyl sites for hydroxylation is 1. The number of thioether (sulfide) groups is 1. The molecule has 0 unspecified atom stereocenters. The third-order valence-corrected chi connectivity index (χ3v) is 3.92. The van der Waals surface area contributed by atoms with Crippen LogP contribution in [-0.2, 0) is 0 Å². The van der Waals surface area contributed by atoms with Crippen molar-refractivity contribution in [2.75, 3.05) is 0 Å². The highest BCUT2D eigenvalue weighted by Crippen LogP contribution is 2.19. The van der Waals surface area contributed by atoms with E-state index in [0.717, 1.165) is 0 Å². The van der Waals surface area contributed by atoms with Crippen LogP contribution in [0.2, 0.25) is 0 Å². The molecule has 0 heterocycles. The average Bonchev–Trinajstić information content (AvgIpc) is 2.39.